The molecule has 7 heteroatoms. The predicted octanol–water partition coefficient (Wildman–Crippen LogP) is 4.33. The molecular weight excluding hydrogens is 381 g/mol. The highest BCUT2D eigenvalue weighted by atomic mass is 35.5. The fourth-order valence-electron chi connectivity index (χ4n) is 2.21. The highest BCUT2D eigenvalue weighted by Gasteiger charge is 2.18. The van der Waals surface area contributed by atoms with Crippen LogP contribution in [0, 0.1) is 0 Å². The zero-order valence-electron chi connectivity index (χ0n) is 14.2. The van der Waals surface area contributed by atoms with Crippen LogP contribution in [0.15, 0.2) is 47.4 Å². The molecule has 4 nitrogen and oxygen atoms in total. The number of hydrogen-bond donors (Lipinski definition) is 0. The summed E-state index contributed by atoms with van der Waals surface area (Å²) in [7, 11) is 0.693. The molecule has 0 aromatic heterocycles. The highest BCUT2D eigenvalue weighted by Crippen LogP contribution is 2.27. The second kappa shape index (κ2) is 8.70. The molecule has 0 heterocycles. The van der Waals surface area contributed by atoms with Gasteiger partial charge in [0.05, 0.1) is 11.1 Å². The molecule has 25 heavy (non-hydrogen) atoms. The lowest BCUT2D eigenvalue weighted by Gasteiger charge is -2.25. The van der Waals surface area contributed by atoms with Crippen molar-refractivity contribution in [3.8, 4) is 5.75 Å². The van der Waals surface area contributed by atoms with E-state index in [1.807, 2.05) is 31.2 Å². The maximum absolute atomic E-state index is 12.4. The van der Waals surface area contributed by atoms with Crippen molar-refractivity contribution in [1.29, 1.82) is 0 Å². The Balaban J connectivity index is 1.99. The summed E-state index contributed by atoms with van der Waals surface area (Å²) in [6, 6.07) is 12.1. The Morgan fingerprint density at radius 2 is 1.84 bits per heavy atom. The van der Waals surface area contributed by atoms with Gasteiger partial charge in [0.25, 0.3) is 5.91 Å². The van der Waals surface area contributed by atoms with Crippen molar-refractivity contribution in [2.75, 3.05) is 19.9 Å². The number of ether oxygens (including phenoxy) is 1. The Kier molecular flexibility index (Phi) is 6.87. The monoisotopic (exact) mass is 399 g/mol. The van der Waals surface area contributed by atoms with Gasteiger partial charge in [-0.15, -0.1) is 0 Å². The van der Waals surface area contributed by atoms with E-state index in [1.54, 1.807) is 36.4 Å². The summed E-state index contributed by atoms with van der Waals surface area (Å²) >= 11 is 11.9. The van der Waals surface area contributed by atoms with Gasteiger partial charge in [0.2, 0.25) is 0 Å². The normalized spacial score (nSPS) is 13.2. The van der Waals surface area contributed by atoms with Crippen LogP contribution in [-0.4, -0.2) is 34.9 Å². The summed E-state index contributed by atoms with van der Waals surface area (Å²) in [5, 5.41) is 0.866. The van der Waals surface area contributed by atoms with Gasteiger partial charge in [-0.1, -0.05) is 35.3 Å². The molecule has 0 radical (unpaired) electrons. The van der Waals surface area contributed by atoms with Crippen LogP contribution in [0.4, 0.5) is 0 Å². The summed E-state index contributed by atoms with van der Waals surface area (Å²) < 4.78 is 16.9. The standard InChI is InChI=1S/C18H19Cl2NO3S/c1-12(13-4-7-15(8-5-13)25(3)23)21(2)18(22)11-24-17-9-6-14(19)10-16(17)20/h4-10,12H,11H2,1-3H3. The van der Waals surface area contributed by atoms with Crippen LogP contribution in [0.1, 0.15) is 18.5 Å². The first-order chi connectivity index (χ1) is 11.8. The molecule has 2 aromatic carbocycles. The van der Waals surface area contributed by atoms with E-state index in [9.17, 15) is 9.00 Å². The van der Waals surface area contributed by atoms with E-state index in [-0.39, 0.29) is 18.6 Å². The minimum atomic E-state index is -1.02. The zero-order valence-corrected chi connectivity index (χ0v) is 16.5. The average Bonchev–Trinajstić information content (AvgIpc) is 2.59. The lowest BCUT2D eigenvalue weighted by atomic mass is 10.1. The second-order valence-corrected chi connectivity index (χ2v) is 7.79. The Labute approximate surface area is 160 Å². The maximum atomic E-state index is 12.4. The third-order valence-corrected chi connectivity index (χ3v) is 5.38. The largest absolute Gasteiger partial charge is 0.482 e. The number of benzene rings is 2. The summed E-state index contributed by atoms with van der Waals surface area (Å²) in [5.41, 5.74) is 0.953. The van der Waals surface area contributed by atoms with Crippen LogP contribution < -0.4 is 4.74 Å². The lowest BCUT2D eigenvalue weighted by Crippen LogP contribution is -2.33. The number of carbonyl (C=O) groups excluding carboxylic acids is 1. The van der Waals surface area contributed by atoms with Gasteiger partial charge >= 0.3 is 0 Å². The SMILES string of the molecule is CC(c1ccc(S(C)=O)cc1)N(C)C(=O)COc1ccc(Cl)cc1Cl. The van der Waals surface area contributed by atoms with Crippen LogP contribution in [-0.2, 0) is 15.6 Å². The molecule has 2 unspecified atom stereocenters. The molecule has 0 bridgehead atoms. The number of rotatable bonds is 6. The van der Waals surface area contributed by atoms with Gasteiger partial charge in [-0.05, 0) is 42.8 Å². The number of halogens is 2. The molecule has 0 spiro atoms. The van der Waals surface area contributed by atoms with Crippen molar-refractivity contribution in [3.05, 3.63) is 58.1 Å². The first kappa shape index (κ1) is 19.8. The van der Waals surface area contributed by atoms with Gasteiger partial charge in [-0.25, -0.2) is 0 Å². The number of hydrogen-bond acceptors (Lipinski definition) is 3. The molecule has 0 aliphatic rings. The maximum Gasteiger partial charge on any atom is 0.260 e. The van der Waals surface area contributed by atoms with E-state index < -0.39 is 10.8 Å². The molecule has 2 aromatic rings. The Morgan fingerprint density at radius 1 is 1.20 bits per heavy atom. The fraction of sp³-hybridized carbons (Fsp3) is 0.278. The van der Waals surface area contributed by atoms with E-state index in [0.29, 0.717) is 15.8 Å². The molecule has 0 saturated heterocycles. The van der Waals surface area contributed by atoms with Gasteiger partial charge in [0, 0.05) is 34.0 Å². The van der Waals surface area contributed by atoms with Crippen LogP contribution in [0.5, 0.6) is 5.75 Å². The van der Waals surface area contributed by atoms with E-state index in [2.05, 4.69) is 0 Å². The smallest absolute Gasteiger partial charge is 0.260 e. The topological polar surface area (TPSA) is 46.6 Å². The van der Waals surface area contributed by atoms with Gasteiger partial charge in [-0.3, -0.25) is 9.00 Å². The minimum Gasteiger partial charge on any atom is -0.482 e. The predicted molar refractivity (Wildman–Crippen MR) is 102 cm³/mol. The fourth-order valence-corrected chi connectivity index (χ4v) is 3.19. The van der Waals surface area contributed by atoms with Crippen molar-refractivity contribution in [2.24, 2.45) is 0 Å². The Hall–Kier alpha value is -1.56. The lowest BCUT2D eigenvalue weighted by molar-refractivity contribution is -0.134. The number of likely N-dealkylation sites (N-methyl/N-ethyl adjacent to an activating group) is 1. The summed E-state index contributed by atoms with van der Waals surface area (Å²) in [4.78, 5) is 14.7. The van der Waals surface area contributed by atoms with E-state index in [4.69, 9.17) is 27.9 Å². The minimum absolute atomic E-state index is 0.126. The van der Waals surface area contributed by atoms with Crippen molar-refractivity contribution in [3.63, 3.8) is 0 Å². The van der Waals surface area contributed by atoms with Crippen LogP contribution in [0.2, 0.25) is 10.0 Å². The van der Waals surface area contributed by atoms with Crippen molar-refractivity contribution >= 4 is 39.9 Å². The van der Waals surface area contributed by atoms with Crippen LogP contribution in [0.3, 0.4) is 0 Å². The van der Waals surface area contributed by atoms with E-state index in [1.165, 1.54) is 0 Å². The van der Waals surface area contributed by atoms with Gasteiger partial charge < -0.3 is 9.64 Å². The van der Waals surface area contributed by atoms with Crippen molar-refractivity contribution in [1.82, 2.24) is 4.90 Å². The number of amides is 1. The average molecular weight is 400 g/mol. The van der Waals surface area contributed by atoms with Crippen molar-refractivity contribution in [2.45, 2.75) is 17.9 Å². The van der Waals surface area contributed by atoms with Gasteiger partial charge in [0.1, 0.15) is 5.75 Å². The molecule has 0 aliphatic carbocycles. The Morgan fingerprint density at radius 3 is 2.40 bits per heavy atom. The van der Waals surface area contributed by atoms with Gasteiger partial charge in [-0.2, -0.15) is 0 Å². The molecule has 1 amide bonds. The van der Waals surface area contributed by atoms with E-state index >= 15 is 0 Å². The zero-order chi connectivity index (χ0) is 18.6. The molecular formula is C18H19Cl2NO3S. The molecule has 134 valence electrons. The summed E-state index contributed by atoms with van der Waals surface area (Å²) in [5.74, 6) is 0.233. The Bertz CT molecular complexity index is 780. The third kappa shape index (κ3) is 5.21. The second-order valence-electron chi connectivity index (χ2n) is 5.57. The van der Waals surface area contributed by atoms with E-state index in [0.717, 1.165) is 10.5 Å². The molecule has 2 rings (SSSR count). The van der Waals surface area contributed by atoms with Crippen LogP contribution >= 0.6 is 23.2 Å². The number of nitrogens with zero attached hydrogens (tertiary/aromatic N) is 1. The number of carbonyl (C=O) groups is 1. The summed E-state index contributed by atoms with van der Waals surface area (Å²) in [6.45, 7) is 1.80. The molecule has 0 aliphatic heterocycles. The molecule has 0 fully saturated rings. The third-order valence-electron chi connectivity index (χ3n) is 3.91. The molecule has 2 atom stereocenters. The summed E-state index contributed by atoms with van der Waals surface area (Å²) in [6.07, 6.45) is 1.63. The highest BCUT2D eigenvalue weighted by molar-refractivity contribution is 7.84. The van der Waals surface area contributed by atoms with Crippen LogP contribution in [0.25, 0.3) is 0 Å². The quantitative estimate of drug-likeness (QED) is 0.725. The first-order valence-corrected chi connectivity index (χ1v) is 9.88. The van der Waals surface area contributed by atoms with Crippen molar-refractivity contribution < 1.29 is 13.7 Å². The van der Waals surface area contributed by atoms with Gasteiger partial charge in [0.15, 0.2) is 6.61 Å². The first-order valence-electron chi connectivity index (χ1n) is 7.56. The molecule has 0 saturated carbocycles. The molecule has 0 N–H and O–H groups in total.